The number of amides is 2. The van der Waals surface area contributed by atoms with Crippen molar-refractivity contribution in [2.24, 2.45) is 0 Å². The van der Waals surface area contributed by atoms with Crippen molar-refractivity contribution in [3.8, 4) is 5.75 Å². The molecule has 1 aromatic rings. The standard InChI is InChI=1S/C22H30N2O6/c1-23(17-25)14-15-24(2)21(26)28-16-18-10-12-20(13-11-18)30-22(27)29-19-8-6-4-3-5-7-9-19/h6,8,10-13,17,19H,3-5,7,9,14-16H2,1-2H3/b8-6+/i17D. The molecule has 1 aliphatic rings. The predicted molar refractivity (Wildman–Crippen MR) is 111 cm³/mol. The molecule has 0 saturated heterocycles. The van der Waals surface area contributed by atoms with Crippen molar-refractivity contribution in [3.63, 3.8) is 0 Å². The summed E-state index contributed by atoms with van der Waals surface area (Å²) in [4.78, 5) is 37.4. The van der Waals surface area contributed by atoms with Crippen molar-refractivity contribution < 1.29 is 30.0 Å². The number of nitrogens with zero attached hydrogens (tertiary/aromatic N) is 2. The first-order chi connectivity index (χ1) is 14.8. The van der Waals surface area contributed by atoms with E-state index in [0.29, 0.717) is 5.75 Å². The van der Waals surface area contributed by atoms with Gasteiger partial charge in [-0.3, -0.25) is 4.79 Å². The van der Waals surface area contributed by atoms with Gasteiger partial charge in [0, 0.05) is 27.2 Å². The summed E-state index contributed by atoms with van der Waals surface area (Å²) in [5.41, 5.74) is 0.726. The highest BCUT2D eigenvalue weighted by Crippen LogP contribution is 2.17. The number of carbonyl (C=O) groups excluding carboxylic acids is 3. The minimum absolute atomic E-state index is 0.0496. The average molecular weight is 419 g/mol. The number of benzene rings is 1. The van der Waals surface area contributed by atoms with Gasteiger partial charge in [-0.15, -0.1) is 0 Å². The third-order valence-corrected chi connectivity index (χ3v) is 4.68. The molecule has 1 atom stereocenters. The number of ether oxygens (including phenoxy) is 3. The van der Waals surface area contributed by atoms with Crippen molar-refractivity contribution in [3.05, 3.63) is 42.0 Å². The molecule has 0 heterocycles. The van der Waals surface area contributed by atoms with Gasteiger partial charge in [-0.05, 0) is 49.5 Å². The first kappa shape index (κ1) is 21.7. The van der Waals surface area contributed by atoms with Gasteiger partial charge < -0.3 is 24.0 Å². The van der Waals surface area contributed by atoms with Crippen molar-refractivity contribution in [2.45, 2.75) is 44.8 Å². The highest BCUT2D eigenvalue weighted by Gasteiger charge is 2.15. The molecule has 0 saturated carbocycles. The minimum atomic E-state index is -0.811. The second-order valence-corrected chi connectivity index (χ2v) is 7.21. The van der Waals surface area contributed by atoms with Crippen LogP contribution in [-0.4, -0.2) is 61.7 Å². The number of hydrogen-bond donors (Lipinski definition) is 0. The lowest BCUT2D eigenvalue weighted by Crippen LogP contribution is -2.34. The molecule has 30 heavy (non-hydrogen) atoms. The van der Waals surface area contributed by atoms with E-state index in [0.717, 1.165) is 37.7 Å². The Bertz CT molecular complexity index is 768. The number of rotatable bonds is 7. The molecule has 1 aromatic carbocycles. The molecule has 0 bridgehead atoms. The Morgan fingerprint density at radius 2 is 1.93 bits per heavy atom. The van der Waals surface area contributed by atoms with Crippen LogP contribution in [0.2, 0.25) is 0 Å². The predicted octanol–water partition coefficient (Wildman–Crippen LogP) is 3.75. The lowest BCUT2D eigenvalue weighted by Gasteiger charge is -2.19. The third-order valence-electron chi connectivity index (χ3n) is 4.68. The van der Waals surface area contributed by atoms with E-state index in [1.807, 2.05) is 12.2 Å². The topological polar surface area (TPSA) is 85.4 Å². The largest absolute Gasteiger partial charge is 0.514 e. The van der Waals surface area contributed by atoms with Gasteiger partial charge in [0.15, 0.2) is 0 Å². The maximum absolute atomic E-state index is 12.0. The average Bonchev–Trinajstić information content (AvgIpc) is 2.72. The van der Waals surface area contributed by atoms with Crippen LogP contribution in [0.4, 0.5) is 9.59 Å². The molecule has 2 amide bonds. The van der Waals surface area contributed by atoms with Crippen LogP contribution in [0.3, 0.4) is 0 Å². The van der Waals surface area contributed by atoms with Crippen LogP contribution in [0.25, 0.3) is 0 Å². The summed E-state index contributed by atoms with van der Waals surface area (Å²) in [6.45, 7) is 0.547. The molecule has 1 unspecified atom stereocenters. The van der Waals surface area contributed by atoms with Crippen LogP contribution in [-0.2, 0) is 20.9 Å². The molecule has 0 fully saturated rings. The normalized spacial score (nSPS) is 17.5. The molecule has 8 nitrogen and oxygen atoms in total. The monoisotopic (exact) mass is 419 g/mol. The van der Waals surface area contributed by atoms with Crippen LogP contribution in [0, 0.1) is 0 Å². The van der Waals surface area contributed by atoms with Gasteiger partial charge >= 0.3 is 12.2 Å². The Labute approximate surface area is 178 Å². The Morgan fingerprint density at radius 3 is 2.67 bits per heavy atom. The highest BCUT2D eigenvalue weighted by atomic mass is 16.7. The quantitative estimate of drug-likeness (QED) is 0.290. The van der Waals surface area contributed by atoms with E-state index < -0.39 is 18.6 Å². The fourth-order valence-corrected chi connectivity index (χ4v) is 2.82. The summed E-state index contributed by atoms with van der Waals surface area (Å²) < 4.78 is 22.8. The van der Waals surface area contributed by atoms with Gasteiger partial charge in [0.05, 0.1) is 0 Å². The van der Waals surface area contributed by atoms with Gasteiger partial charge in [0.1, 0.15) is 19.8 Å². The van der Waals surface area contributed by atoms with E-state index in [-0.39, 0.29) is 25.8 Å². The number of allylic oxidation sites excluding steroid dienone is 1. The summed E-state index contributed by atoms with van der Waals surface area (Å²) in [7, 11) is 3.04. The van der Waals surface area contributed by atoms with E-state index in [1.54, 1.807) is 31.3 Å². The summed E-state index contributed by atoms with van der Waals surface area (Å²) in [6, 6.07) is 6.60. The molecule has 0 aliphatic heterocycles. The molecular weight excluding hydrogens is 388 g/mol. The van der Waals surface area contributed by atoms with Crippen molar-refractivity contribution in [1.29, 1.82) is 0 Å². The van der Waals surface area contributed by atoms with Crippen molar-refractivity contribution in [1.82, 2.24) is 9.80 Å². The van der Waals surface area contributed by atoms with Gasteiger partial charge in [-0.25, -0.2) is 9.59 Å². The molecule has 2 rings (SSSR count). The summed E-state index contributed by atoms with van der Waals surface area (Å²) in [5, 5.41) is 0. The molecule has 0 N–H and O–H groups in total. The fourth-order valence-electron chi connectivity index (χ4n) is 2.82. The van der Waals surface area contributed by atoms with E-state index in [9.17, 15) is 14.4 Å². The Morgan fingerprint density at radius 1 is 1.17 bits per heavy atom. The van der Waals surface area contributed by atoms with Crippen LogP contribution in [0.1, 0.15) is 39.0 Å². The summed E-state index contributed by atoms with van der Waals surface area (Å²) in [5.74, 6) is 0.343. The molecule has 1 aliphatic carbocycles. The van der Waals surface area contributed by atoms with E-state index >= 15 is 0 Å². The Balaban J connectivity index is 1.74. The first-order valence-electron chi connectivity index (χ1n) is 10.6. The van der Waals surface area contributed by atoms with E-state index in [2.05, 4.69) is 0 Å². The van der Waals surface area contributed by atoms with Crippen LogP contribution < -0.4 is 4.74 Å². The zero-order valence-electron chi connectivity index (χ0n) is 18.5. The summed E-state index contributed by atoms with van der Waals surface area (Å²) in [6.07, 6.45) is 6.70. The third kappa shape index (κ3) is 8.55. The second-order valence-electron chi connectivity index (χ2n) is 7.21. The molecule has 164 valence electrons. The summed E-state index contributed by atoms with van der Waals surface area (Å²) >= 11 is 0. The number of carbonyl (C=O) groups is 3. The SMILES string of the molecule is [2H]C(=O)N(C)CCN(C)C(=O)OCc1ccc(OC(=O)OC2/C=C/CCCCC2)cc1. The molecule has 0 radical (unpaired) electrons. The number of likely N-dealkylation sites (N-methyl/N-ethyl adjacent to an activating group) is 2. The van der Waals surface area contributed by atoms with Crippen LogP contribution in [0.15, 0.2) is 36.4 Å². The Hall–Kier alpha value is -3.03. The molecule has 0 aromatic heterocycles. The number of hydrogen-bond acceptors (Lipinski definition) is 6. The smallest absolute Gasteiger partial charge is 0.445 e. The highest BCUT2D eigenvalue weighted by molar-refractivity contribution is 5.67. The molecule has 8 heteroatoms. The molecular formula is C22H30N2O6. The lowest BCUT2D eigenvalue weighted by molar-refractivity contribution is -0.117. The van der Waals surface area contributed by atoms with E-state index in [4.69, 9.17) is 15.6 Å². The van der Waals surface area contributed by atoms with E-state index in [1.165, 1.54) is 16.8 Å². The maximum Gasteiger partial charge on any atom is 0.514 e. The molecule has 0 spiro atoms. The van der Waals surface area contributed by atoms with Crippen molar-refractivity contribution in [2.75, 3.05) is 27.2 Å². The van der Waals surface area contributed by atoms with Gasteiger partial charge in [0.2, 0.25) is 6.39 Å². The fraction of sp³-hybridized carbons (Fsp3) is 0.500. The van der Waals surface area contributed by atoms with Crippen LogP contribution >= 0.6 is 0 Å². The minimum Gasteiger partial charge on any atom is -0.445 e. The van der Waals surface area contributed by atoms with Crippen LogP contribution in [0.5, 0.6) is 5.75 Å². The van der Waals surface area contributed by atoms with Crippen molar-refractivity contribution >= 4 is 18.6 Å². The maximum atomic E-state index is 12.0. The Kier molecular flexibility index (Phi) is 9.04. The van der Waals surface area contributed by atoms with Gasteiger partial charge in [0.25, 0.3) is 0 Å². The zero-order valence-corrected chi connectivity index (χ0v) is 17.5. The zero-order chi connectivity index (χ0) is 22.6. The van der Waals surface area contributed by atoms with Gasteiger partial charge in [-0.2, -0.15) is 0 Å². The van der Waals surface area contributed by atoms with Gasteiger partial charge in [-0.1, -0.05) is 24.6 Å². The first-order valence-corrected chi connectivity index (χ1v) is 10.1. The second kappa shape index (κ2) is 12.5. The lowest BCUT2D eigenvalue weighted by atomic mass is 10.0.